The monoisotopic (exact) mass is 1880 g/mol. The van der Waals surface area contributed by atoms with Gasteiger partial charge in [0.1, 0.15) is 132 Å². The van der Waals surface area contributed by atoms with E-state index >= 15 is 0 Å². The molecule has 0 fully saturated rings. The first-order valence-corrected chi connectivity index (χ1v) is 45.4. The second kappa shape index (κ2) is 70.4. The van der Waals surface area contributed by atoms with Crippen molar-refractivity contribution in [2.24, 2.45) is 84.6 Å². The minimum absolute atomic E-state index is 1.30. The summed E-state index contributed by atoms with van der Waals surface area (Å²) in [5, 5.41) is 0. The Morgan fingerprint density at radius 1 is 0.159 bits per heavy atom. The smallest absolute Gasteiger partial charge is 0.171 e. The van der Waals surface area contributed by atoms with Crippen LogP contribution in [0.5, 0.6) is 0 Å². The summed E-state index contributed by atoms with van der Waals surface area (Å²) < 4.78 is 136. The van der Waals surface area contributed by atoms with Crippen molar-refractivity contribution < 1.29 is 166 Å². The van der Waals surface area contributed by atoms with E-state index < -0.39 is 47.4 Å². The first kappa shape index (κ1) is 127. The number of aromatic nitrogens is 12. The molecule has 12 rings (SSSR count). The molecule has 30 nitrogen and oxygen atoms in total. The van der Waals surface area contributed by atoms with Crippen molar-refractivity contribution in [3.63, 3.8) is 0 Å². The molecule has 696 valence electrons. The molecule has 0 aliphatic carbocycles. The maximum atomic E-state index is 10.1. The number of pyridine rings is 12. The Balaban J connectivity index is -0.000000304. The van der Waals surface area contributed by atoms with Crippen LogP contribution in [0.3, 0.4) is 0 Å². The van der Waals surface area contributed by atoms with E-state index in [9.17, 15) is 25.2 Å². The lowest BCUT2D eigenvalue weighted by atomic mass is 10.3. The van der Waals surface area contributed by atoms with Gasteiger partial charge in [-0.1, -0.05) is 0 Å². The molecule has 12 aromatic heterocycles. The van der Waals surface area contributed by atoms with Gasteiger partial charge < -0.3 is 86.1 Å². The van der Waals surface area contributed by atoms with Gasteiger partial charge in [-0.3, -0.25) is 0 Å². The molecule has 0 N–H and O–H groups in total. The predicted octanol–water partition coefficient (Wildman–Crippen LogP) is 2.54. The van der Waals surface area contributed by atoms with Crippen LogP contribution in [0.1, 0.15) is 66.8 Å². The lowest BCUT2D eigenvalue weighted by Crippen LogP contribution is -2.26. The zero-order valence-electron chi connectivity index (χ0n) is 75.4. The molecule has 0 aliphatic heterocycles. The Hall–Kier alpha value is -9.72. The van der Waals surface area contributed by atoms with E-state index in [1.54, 1.807) is 0 Å². The average Bonchev–Trinajstić information content (AvgIpc) is 1.01. The maximum absolute atomic E-state index is 10.1. The highest BCUT2D eigenvalue weighted by atomic mass is 31.2. The number of halogens is 6. The number of nitrogens with zero attached hydrogens (tertiary/aromatic N) is 12. The van der Waals surface area contributed by atoms with Gasteiger partial charge in [0, 0.05) is 140 Å². The van der Waals surface area contributed by atoms with E-state index in [4.69, 9.17) is 86.1 Å². The third-order valence-corrected chi connectivity index (χ3v) is 13.1. The number of hydrogen-bond acceptors (Lipinski definition) is 18. The molecular weight excluding hydrogens is 1760 g/mol. The van der Waals surface area contributed by atoms with E-state index in [0.29, 0.717) is 0 Å². The molecule has 0 unspecified atom stereocenters. The van der Waals surface area contributed by atoms with Crippen molar-refractivity contribution in [2.45, 2.75) is 83.1 Å². The lowest BCUT2D eigenvalue weighted by Gasteiger charge is -2.15. The summed E-state index contributed by atoms with van der Waals surface area (Å²) in [7, 11) is -9.58. The van der Waals surface area contributed by atoms with Gasteiger partial charge in [0.25, 0.3) is 0 Å². The fraction of sp³-hybridized carbons (Fsp3) is 0.286. The molecular formula is C84H120F6N12O18P6. The maximum Gasteiger partial charge on any atom is 0.171 e. The van der Waals surface area contributed by atoms with Crippen LogP contribution in [0.4, 0.5) is 25.2 Å². The van der Waals surface area contributed by atoms with Crippen LogP contribution < -0.4 is 114 Å². The molecule has 42 heteroatoms. The molecule has 0 saturated carbocycles. The van der Waals surface area contributed by atoms with Gasteiger partial charge in [-0.15, -0.1) is 0 Å². The normalized spacial score (nSPS) is 9.86. The zero-order chi connectivity index (χ0) is 98.8. The van der Waals surface area contributed by atoms with E-state index in [2.05, 4.69) is 230 Å². The Bertz CT molecular complexity index is 3930. The minimum atomic E-state index is -5.64. The van der Waals surface area contributed by atoms with E-state index in [1.807, 2.05) is 287 Å². The largest absolute Gasteiger partial charge is 0.786 e. The quantitative estimate of drug-likeness (QED) is 0.120. The van der Waals surface area contributed by atoms with Crippen molar-refractivity contribution in [1.82, 2.24) is 0 Å². The van der Waals surface area contributed by atoms with Crippen LogP contribution in [-0.4, -0.2) is 0 Å². The Morgan fingerprint density at radius 3 is 0.230 bits per heavy atom. The molecule has 12 aromatic rings. The third-order valence-electron chi connectivity index (χ3n) is 13.1. The summed E-state index contributed by atoms with van der Waals surface area (Å²) >= 11 is 0. The highest BCUT2D eigenvalue weighted by Crippen LogP contribution is 2.24. The van der Waals surface area contributed by atoms with Gasteiger partial charge in [0.2, 0.25) is 0 Å². The van der Waals surface area contributed by atoms with Gasteiger partial charge in [0.05, 0.1) is 0 Å². The Kier molecular flexibility index (Phi) is 71.0. The molecule has 126 heavy (non-hydrogen) atoms. The second-order valence-electron chi connectivity index (χ2n) is 27.1. The van der Waals surface area contributed by atoms with Gasteiger partial charge in [-0.05, 0) is 156 Å². The zero-order valence-corrected chi connectivity index (χ0v) is 80.7. The molecule has 0 spiro atoms. The van der Waals surface area contributed by atoms with Gasteiger partial charge >= 0.3 is 0 Å². The molecule has 0 aliphatic rings. The van der Waals surface area contributed by atoms with Crippen molar-refractivity contribution in [2.75, 3.05) is 0 Å². The molecule has 0 bridgehead atoms. The summed E-state index contributed by atoms with van der Waals surface area (Å²) in [5.41, 5.74) is 15.6. The van der Waals surface area contributed by atoms with Crippen molar-refractivity contribution in [3.8, 4) is 0 Å². The lowest BCUT2D eigenvalue weighted by molar-refractivity contribution is -0.671. The Labute approximate surface area is 738 Å². The van der Waals surface area contributed by atoms with Crippen molar-refractivity contribution >= 4 is 47.4 Å². The van der Waals surface area contributed by atoms with Crippen LogP contribution in [0, 0.1) is 83.1 Å². The summed E-state index contributed by atoms with van der Waals surface area (Å²) in [6, 6.07) is 49.4. The number of rotatable bonds is 0. The van der Waals surface area contributed by atoms with Gasteiger partial charge in [0.15, 0.2) is 149 Å². The van der Waals surface area contributed by atoms with E-state index in [0.717, 1.165) is 0 Å². The molecule has 0 atom stereocenters. The van der Waals surface area contributed by atoms with Crippen LogP contribution >= 0.6 is 47.4 Å². The average molecular weight is 1890 g/mol. The molecule has 12 heterocycles. The SMILES string of the molecule is Cc1ccc[n+](C)c1.Cc1ccc[n+](C)c1.Cc1ccc[n+](C)c1.Cc1ccc[n+](C)c1.Cc1ccc[n+](C)c1.Cc1ccc[n+](C)c1.Cc1ccc[n+](C)c1.Cc1ccc[n+](C)c1.Cc1ccc[n+](C)c1.Cc1ccc[n+](C)c1.Cc1ccc[n+](C)c1.Cc1ccc[n+](C)c1.O=P([O-])([O-])F.O=P([O-])([O-])F.O=P([O-])([O-])F.O=P([O-])([O-])F.O=P([O-])([O-])F.O=P([O-])([O-])F. The van der Waals surface area contributed by atoms with Crippen LogP contribution in [-0.2, 0) is 112 Å². The fourth-order valence-corrected chi connectivity index (χ4v) is 8.85. The molecule has 0 radical (unpaired) electrons. The number of aryl methyl sites for hydroxylation is 24. The summed E-state index contributed by atoms with van der Waals surface area (Å²) in [4.78, 5) is 101. The Morgan fingerprint density at radius 2 is 0.206 bits per heavy atom. The van der Waals surface area contributed by atoms with E-state index in [1.165, 1.54) is 66.8 Å². The van der Waals surface area contributed by atoms with Gasteiger partial charge in [-0.2, -0.15) is 0 Å². The molecule has 0 amide bonds. The standard InChI is InChI=1S/12C7H10N.6FH2O3P/c12*1-7-4-3-5-8(2)6-7;6*1-5(2,3)4/h12*3-6H,1-2H3;6*(H2,2,3,4)/q12*+1;;;;;;/p-12. The van der Waals surface area contributed by atoms with Crippen LogP contribution in [0.2, 0.25) is 0 Å². The first-order valence-electron chi connectivity index (χ1n) is 36.8. The van der Waals surface area contributed by atoms with E-state index in [-0.39, 0.29) is 0 Å². The molecule has 0 aromatic carbocycles. The summed E-state index contributed by atoms with van der Waals surface area (Å²) in [5.74, 6) is 0. The topological polar surface area (TPSA) is 426 Å². The molecule has 0 saturated heterocycles. The predicted molar refractivity (Wildman–Crippen MR) is 441 cm³/mol. The third kappa shape index (κ3) is 121. The van der Waals surface area contributed by atoms with Crippen LogP contribution in [0.25, 0.3) is 0 Å². The second-order valence-corrected chi connectivity index (χ2v) is 32.3. The van der Waals surface area contributed by atoms with Gasteiger partial charge in [-0.25, -0.2) is 80.0 Å². The number of hydrogen-bond donors (Lipinski definition) is 0. The van der Waals surface area contributed by atoms with Crippen molar-refractivity contribution in [3.05, 3.63) is 361 Å². The summed E-state index contributed by atoms with van der Waals surface area (Å²) in [6.45, 7) is 25.0. The van der Waals surface area contributed by atoms with Crippen molar-refractivity contribution in [1.29, 1.82) is 0 Å². The minimum Gasteiger partial charge on any atom is -0.786 e. The highest BCUT2D eigenvalue weighted by molar-refractivity contribution is 7.43. The first-order chi connectivity index (χ1) is 57.5. The fourth-order valence-electron chi connectivity index (χ4n) is 8.85. The highest BCUT2D eigenvalue weighted by Gasteiger charge is 1.96. The summed E-state index contributed by atoms with van der Waals surface area (Å²) in [6.07, 6.45) is 49.3. The van der Waals surface area contributed by atoms with Crippen LogP contribution in [0.15, 0.2) is 294 Å².